The number of para-hydroxylation sites is 1. The van der Waals surface area contributed by atoms with E-state index in [-0.39, 0.29) is 5.91 Å². The standard InChI is InChI=1S/C16H16N4O/c1-3-20-15-9-8-12(10-14(15)18-19-20)16(21)17-13-7-5-4-6-11(13)2/h4-10H,3H2,1-2H3,(H,17,21). The summed E-state index contributed by atoms with van der Waals surface area (Å²) in [6.45, 7) is 4.73. The van der Waals surface area contributed by atoms with E-state index < -0.39 is 0 Å². The van der Waals surface area contributed by atoms with Gasteiger partial charge in [0.2, 0.25) is 0 Å². The average Bonchev–Trinajstić information content (AvgIpc) is 2.91. The number of aromatic nitrogens is 3. The van der Waals surface area contributed by atoms with Crippen LogP contribution < -0.4 is 5.32 Å². The number of carbonyl (C=O) groups is 1. The minimum Gasteiger partial charge on any atom is -0.322 e. The van der Waals surface area contributed by atoms with E-state index in [1.807, 2.05) is 44.2 Å². The van der Waals surface area contributed by atoms with Gasteiger partial charge >= 0.3 is 0 Å². The Balaban J connectivity index is 1.90. The smallest absolute Gasteiger partial charge is 0.255 e. The molecule has 0 fully saturated rings. The van der Waals surface area contributed by atoms with Gasteiger partial charge in [0.1, 0.15) is 5.52 Å². The molecule has 3 rings (SSSR count). The number of fused-ring (bicyclic) bond motifs is 1. The van der Waals surface area contributed by atoms with Crippen LogP contribution in [0.1, 0.15) is 22.8 Å². The van der Waals surface area contributed by atoms with Crippen LogP contribution in [0.5, 0.6) is 0 Å². The van der Waals surface area contributed by atoms with Gasteiger partial charge < -0.3 is 5.32 Å². The molecule has 0 atom stereocenters. The maximum absolute atomic E-state index is 12.3. The third-order valence-corrected chi connectivity index (χ3v) is 3.47. The summed E-state index contributed by atoms with van der Waals surface area (Å²) in [7, 11) is 0. The van der Waals surface area contributed by atoms with Crippen molar-refractivity contribution in [1.29, 1.82) is 0 Å². The summed E-state index contributed by atoms with van der Waals surface area (Å²) in [5.74, 6) is -0.141. The van der Waals surface area contributed by atoms with E-state index in [2.05, 4.69) is 15.6 Å². The molecule has 0 aliphatic carbocycles. The van der Waals surface area contributed by atoms with Gasteiger partial charge in [0.15, 0.2) is 0 Å². The van der Waals surface area contributed by atoms with Crippen molar-refractivity contribution in [2.75, 3.05) is 5.32 Å². The Labute approximate surface area is 122 Å². The van der Waals surface area contributed by atoms with Crippen LogP contribution in [0.15, 0.2) is 42.5 Å². The molecule has 1 N–H and O–H groups in total. The lowest BCUT2D eigenvalue weighted by Gasteiger charge is -2.08. The third-order valence-electron chi connectivity index (χ3n) is 3.47. The second kappa shape index (κ2) is 5.36. The molecule has 1 aromatic heterocycles. The van der Waals surface area contributed by atoms with Crippen molar-refractivity contribution in [1.82, 2.24) is 15.0 Å². The quantitative estimate of drug-likeness (QED) is 0.802. The van der Waals surface area contributed by atoms with Crippen LogP contribution >= 0.6 is 0 Å². The molecule has 0 bridgehead atoms. The summed E-state index contributed by atoms with van der Waals surface area (Å²) in [4.78, 5) is 12.3. The van der Waals surface area contributed by atoms with Crippen molar-refractivity contribution in [2.45, 2.75) is 20.4 Å². The number of carbonyl (C=O) groups excluding carboxylic acids is 1. The maximum Gasteiger partial charge on any atom is 0.255 e. The van der Waals surface area contributed by atoms with Crippen LogP contribution in [0.25, 0.3) is 11.0 Å². The minimum atomic E-state index is -0.141. The molecule has 1 heterocycles. The van der Waals surface area contributed by atoms with Crippen LogP contribution in [0.2, 0.25) is 0 Å². The number of rotatable bonds is 3. The summed E-state index contributed by atoms with van der Waals surface area (Å²) in [6, 6.07) is 13.1. The fraction of sp³-hybridized carbons (Fsp3) is 0.188. The van der Waals surface area contributed by atoms with Gasteiger partial charge in [-0.3, -0.25) is 4.79 Å². The van der Waals surface area contributed by atoms with E-state index in [4.69, 9.17) is 0 Å². The first-order valence-electron chi connectivity index (χ1n) is 6.89. The molecule has 3 aromatic rings. The van der Waals surface area contributed by atoms with Crippen molar-refractivity contribution in [3.63, 3.8) is 0 Å². The second-order valence-corrected chi connectivity index (χ2v) is 4.88. The van der Waals surface area contributed by atoms with Gasteiger partial charge in [-0.25, -0.2) is 4.68 Å². The van der Waals surface area contributed by atoms with E-state index in [0.29, 0.717) is 5.56 Å². The summed E-state index contributed by atoms with van der Waals surface area (Å²) >= 11 is 0. The molecule has 0 aliphatic heterocycles. The minimum absolute atomic E-state index is 0.141. The highest BCUT2D eigenvalue weighted by Crippen LogP contribution is 2.17. The van der Waals surface area contributed by atoms with Gasteiger partial charge in [-0.15, -0.1) is 5.10 Å². The van der Waals surface area contributed by atoms with E-state index in [0.717, 1.165) is 28.8 Å². The molecule has 0 unspecified atom stereocenters. The molecule has 0 aliphatic rings. The fourth-order valence-corrected chi connectivity index (χ4v) is 2.25. The predicted octanol–water partition coefficient (Wildman–Crippen LogP) is 3.01. The number of aryl methyl sites for hydroxylation is 2. The number of nitrogens with zero attached hydrogens (tertiary/aromatic N) is 3. The van der Waals surface area contributed by atoms with E-state index >= 15 is 0 Å². The molecule has 21 heavy (non-hydrogen) atoms. The first kappa shape index (κ1) is 13.3. The Morgan fingerprint density at radius 1 is 1.24 bits per heavy atom. The van der Waals surface area contributed by atoms with Crippen LogP contribution in [-0.4, -0.2) is 20.9 Å². The first-order valence-corrected chi connectivity index (χ1v) is 6.89. The number of hydrogen-bond acceptors (Lipinski definition) is 3. The molecule has 5 heteroatoms. The lowest BCUT2D eigenvalue weighted by Crippen LogP contribution is -2.12. The monoisotopic (exact) mass is 280 g/mol. The Morgan fingerprint density at radius 3 is 2.81 bits per heavy atom. The van der Waals surface area contributed by atoms with Gasteiger partial charge in [-0.1, -0.05) is 23.4 Å². The fourth-order valence-electron chi connectivity index (χ4n) is 2.25. The maximum atomic E-state index is 12.3. The molecular weight excluding hydrogens is 264 g/mol. The molecule has 0 radical (unpaired) electrons. The SMILES string of the molecule is CCn1nnc2cc(C(=O)Nc3ccccc3C)ccc21. The highest BCUT2D eigenvalue weighted by atomic mass is 16.1. The van der Waals surface area contributed by atoms with Crippen molar-refractivity contribution < 1.29 is 4.79 Å². The Kier molecular flexibility index (Phi) is 3.39. The van der Waals surface area contributed by atoms with Gasteiger partial charge in [0.05, 0.1) is 5.52 Å². The zero-order valence-electron chi connectivity index (χ0n) is 12.0. The number of amides is 1. The number of benzene rings is 2. The molecule has 106 valence electrons. The van der Waals surface area contributed by atoms with Crippen LogP contribution in [0, 0.1) is 6.92 Å². The number of hydrogen-bond donors (Lipinski definition) is 1. The predicted molar refractivity (Wildman–Crippen MR) is 82.3 cm³/mol. The summed E-state index contributed by atoms with van der Waals surface area (Å²) in [6.07, 6.45) is 0. The average molecular weight is 280 g/mol. The molecule has 0 saturated heterocycles. The number of nitrogens with one attached hydrogen (secondary N) is 1. The Hall–Kier alpha value is -2.69. The van der Waals surface area contributed by atoms with Gasteiger partial charge in [0, 0.05) is 17.8 Å². The van der Waals surface area contributed by atoms with E-state index in [1.54, 1.807) is 16.8 Å². The van der Waals surface area contributed by atoms with Gasteiger partial charge in [-0.2, -0.15) is 0 Å². The Morgan fingerprint density at radius 2 is 2.05 bits per heavy atom. The second-order valence-electron chi connectivity index (χ2n) is 4.88. The van der Waals surface area contributed by atoms with E-state index in [9.17, 15) is 4.79 Å². The summed E-state index contributed by atoms with van der Waals surface area (Å²) in [5.41, 5.74) is 4.09. The van der Waals surface area contributed by atoms with E-state index in [1.165, 1.54) is 0 Å². The van der Waals surface area contributed by atoms with Crippen molar-refractivity contribution in [3.05, 3.63) is 53.6 Å². The normalized spacial score (nSPS) is 10.8. The molecule has 0 spiro atoms. The number of anilines is 1. The molecule has 2 aromatic carbocycles. The first-order chi connectivity index (χ1) is 10.2. The van der Waals surface area contributed by atoms with Crippen molar-refractivity contribution >= 4 is 22.6 Å². The molecule has 5 nitrogen and oxygen atoms in total. The van der Waals surface area contributed by atoms with Crippen LogP contribution in [0.4, 0.5) is 5.69 Å². The lowest BCUT2D eigenvalue weighted by atomic mass is 10.1. The molecular formula is C16H16N4O. The topological polar surface area (TPSA) is 59.8 Å². The van der Waals surface area contributed by atoms with Crippen molar-refractivity contribution in [2.24, 2.45) is 0 Å². The van der Waals surface area contributed by atoms with Crippen LogP contribution in [-0.2, 0) is 6.54 Å². The van der Waals surface area contributed by atoms with Crippen LogP contribution in [0.3, 0.4) is 0 Å². The molecule has 1 amide bonds. The zero-order chi connectivity index (χ0) is 14.8. The Bertz CT molecular complexity index is 807. The third kappa shape index (κ3) is 2.50. The highest BCUT2D eigenvalue weighted by molar-refractivity contribution is 6.06. The summed E-state index contributed by atoms with van der Waals surface area (Å²) < 4.78 is 1.80. The lowest BCUT2D eigenvalue weighted by molar-refractivity contribution is 0.102. The highest BCUT2D eigenvalue weighted by Gasteiger charge is 2.10. The van der Waals surface area contributed by atoms with Crippen molar-refractivity contribution in [3.8, 4) is 0 Å². The zero-order valence-corrected chi connectivity index (χ0v) is 12.0. The van der Waals surface area contributed by atoms with Gasteiger partial charge in [-0.05, 0) is 43.7 Å². The molecule has 0 saturated carbocycles. The summed E-state index contributed by atoms with van der Waals surface area (Å²) in [5, 5.41) is 11.1. The largest absolute Gasteiger partial charge is 0.322 e. The van der Waals surface area contributed by atoms with Gasteiger partial charge in [0.25, 0.3) is 5.91 Å².